The van der Waals surface area contributed by atoms with E-state index in [1.54, 1.807) is 19.9 Å². The van der Waals surface area contributed by atoms with Crippen molar-refractivity contribution in [2.45, 2.75) is 142 Å². The third-order valence-corrected chi connectivity index (χ3v) is 15.1. The number of benzene rings is 2. The molecule has 5 heterocycles. The summed E-state index contributed by atoms with van der Waals surface area (Å²) in [6.45, 7) is 14.0. The van der Waals surface area contributed by atoms with Crippen LogP contribution in [0.5, 0.6) is 0 Å². The third kappa shape index (κ3) is 10.6. The molecule has 1 saturated carbocycles. The zero-order chi connectivity index (χ0) is 44.9. The van der Waals surface area contributed by atoms with E-state index in [2.05, 4.69) is 24.5 Å². The van der Waals surface area contributed by atoms with Gasteiger partial charge in [0.1, 0.15) is 18.7 Å². The molecular formula is C47H66N3O12P. The fourth-order valence-corrected chi connectivity index (χ4v) is 11.5. The molecule has 16 heteroatoms. The van der Waals surface area contributed by atoms with E-state index in [1.165, 1.54) is 10.7 Å². The van der Waals surface area contributed by atoms with Crippen LogP contribution in [-0.2, 0) is 58.5 Å². The van der Waals surface area contributed by atoms with E-state index in [-0.39, 0.29) is 56.5 Å². The molecule has 15 nitrogen and oxygen atoms in total. The smallest absolute Gasteiger partial charge is 0.410 e. The van der Waals surface area contributed by atoms with Crippen molar-refractivity contribution in [3.8, 4) is 0 Å². The number of fused-ring (bicyclic) bond motifs is 2. The first-order valence-corrected chi connectivity index (χ1v) is 24.4. The van der Waals surface area contributed by atoms with E-state index in [9.17, 15) is 18.9 Å². The maximum absolute atomic E-state index is 14.5. The van der Waals surface area contributed by atoms with Gasteiger partial charge in [-0.2, -0.15) is 0 Å². The lowest BCUT2D eigenvalue weighted by Crippen LogP contribution is -2.70. The number of ether oxygens (including phenoxy) is 4. The Hall–Kier alpha value is -3.66. The van der Waals surface area contributed by atoms with Crippen LogP contribution in [0.15, 0.2) is 72.6 Å². The topological polar surface area (TPSA) is 169 Å². The Bertz CT molecular complexity index is 1950. The van der Waals surface area contributed by atoms with Crippen molar-refractivity contribution in [3.63, 3.8) is 0 Å². The molecule has 5 aliphatic heterocycles. The van der Waals surface area contributed by atoms with E-state index in [0.29, 0.717) is 18.8 Å². The van der Waals surface area contributed by atoms with Gasteiger partial charge in [0.15, 0.2) is 18.2 Å². The summed E-state index contributed by atoms with van der Waals surface area (Å²) in [4.78, 5) is 56.5. The molecule has 63 heavy (non-hydrogen) atoms. The first kappa shape index (κ1) is 47.3. The second kappa shape index (κ2) is 20.2. The number of rotatable bonds is 17. The summed E-state index contributed by atoms with van der Waals surface area (Å²) < 4.78 is 50.2. The lowest BCUT2D eigenvalue weighted by atomic mass is 9.58. The zero-order valence-electron chi connectivity index (χ0n) is 37.6. The Morgan fingerprint density at radius 1 is 0.937 bits per heavy atom. The molecule has 2 N–H and O–H groups in total. The molecule has 12 atom stereocenters. The number of hydrogen-bond acceptors (Lipinski definition) is 12. The summed E-state index contributed by atoms with van der Waals surface area (Å²) in [5.74, 6) is -0.0902. The van der Waals surface area contributed by atoms with Crippen molar-refractivity contribution in [3.05, 3.63) is 83.7 Å². The zero-order valence-corrected chi connectivity index (χ0v) is 38.5. The maximum Gasteiger partial charge on any atom is 0.410 e. The SMILES string of the molecule is CCOP(=O)(/C=C/[C@@H](NC(=O)[C@H](CC(C)C)NC(=O)[C@@H]1C[C@@H](O[C@H]2O[C@@H]3O[C@]4(C)CC[C@H]5[C@H](C)CC[C@@H]([C@H]2C)[C@@]35OO4)CN1C(=O)OCc1ccccc1)c1ccccc1)OCC. The van der Waals surface area contributed by atoms with Gasteiger partial charge in [-0.1, -0.05) is 88.4 Å². The van der Waals surface area contributed by atoms with Gasteiger partial charge in [0.2, 0.25) is 17.6 Å². The van der Waals surface area contributed by atoms with Crippen molar-refractivity contribution >= 4 is 25.5 Å². The lowest BCUT2D eigenvalue weighted by molar-refractivity contribution is -0.578. The number of nitrogens with one attached hydrogen (secondary N) is 2. The molecule has 346 valence electrons. The standard InChI is InChI=1S/C47H66N3O12P/c1-8-56-63(54,57-9-2)25-23-38(34-18-14-11-15-19-34)48-41(51)39(26-30(3)4)49-42(52)40-27-35(28-50(40)45(53)55-29-33-16-12-10-13-17-33)58-43-32(6)37-21-20-31(5)36-22-24-46(7)60-44(59-43)47(36,37)62-61-46/h10-19,23,25,30-32,35-40,43-44H,8-9,20-22,24,26-29H2,1-7H3,(H,48,51)(H,49,52)/b25-23+/t31-,32-,35-,36+,37+,38-,39+,40+,43+,44-,46+,47-/m1/s1. The van der Waals surface area contributed by atoms with Crippen molar-refractivity contribution < 1.29 is 56.7 Å². The molecular weight excluding hydrogens is 829 g/mol. The van der Waals surface area contributed by atoms with Gasteiger partial charge in [0, 0.05) is 30.5 Å². The molecule has 0 aromatic heterocycles. The van der Waals surface area contributed by atoms with Crippen molar-refractivity contribution in [1.29, 1.82) is 0 Å². The van der Waals surface area contributed by atoms with Gasteiger partial charge in [-0.3, -0.25) is 19.1 Å². The number of likely N-dealkylation sites (tertiary alicyclic amines) is 1. The highest BCUT2D eigenvalue weighted by Gasteiger charge is 2.69. The first-order valence-electron chi connectivity index (χ1n) is 22.7. The van der Waals surface area contributed by atoms with Crippen LogP contribution in [0.25, 0.3) is 0 Å². The first-order chi connectivity index (χ1) is 30.2. The predicted octanol–water partition coefficient (Wildman–Crippen LogP) is 8.16. The lowest BCUT2D eigenvalue weighted by Gasteiger charge is -2.60. The molecule has 1 aliphatic carbocycles. The van der Waals surface area contributed by atoms with Crippen LogP contribution < -0.4 is 10.6 Å². The van der Waals surface area contributed by atoms with E-state index >= 15 is 0 Å². The minimum atomic E-state index is -3.60. The molecule has 5 saturated heterocycles. The molecule has 3 amide bonds. The number of amides is 3. The minimum Gasteiger partial charge on any atom is -0.445 e. The van der Waals surface area contributed by atoms with E-state index < -0.39 is 73.7 Å². The number of hydrogen-bond donors (Lipinski definition) is 2. The van der Waals surface area contributed by atoms with Crippen LogP contribution in [-0.4, -0.2) is 84.7 Å². The molecule has 2 bridgehead atoms. The Labute approximate surface area is 371 Å². The van der Waals surface area contributed by atoms with E-state index in [0.717, 1.165) is 30.4 Å². The Morgan fingerprint density at radius 3 is 2.32 bits per heavy atom. The molecule has 0 unspecified atom stereocenters. The van der Waals surface area contributed by atoms with Gasteiger partial charge in [-0.05, 0) is 81.4 Å². The summed E-state index contributed by atoms with van der Waals surface area (Å²) in [5.41, 5.74) is 0.744. The fourth-order valence-electron chi connectivity index (χ4n) is 10.2. The van der Waals surface area contributed by atoms with Crippen LogP contribution in [0.2, 0.25) is 0 Å². The molecule has 6 fully saturated rings. The summed E-state index contributed by atoms with van der Waals surface area (Å²) in [6.07, 6.45) is 2.78. The van der Waals surface area contributed by atoms with Gasteiger partial charge in [-0.25, -0.2) is 14.6 Å². The van der Waals surface area contributed by atoms with Crippen LogP contribution in [0.4, 0.5) is 4.79 Å². The molecule has 1 spiro atoms. The summed E-state index contributed by atoms with van der Waals surface area (Å²) in [7, 11) is -3.60. The molecule has 6 aliphatic rings. The maximum atomic E-state index is 14.5. The van der Waals surface area contributed by atoms with Gasteiger partial charge >= 0.3 is 13.7 Å². The summed E-state index contributed by atoms with van der Waals surface area (Å²) in [6, 6.07) is 15.8. The van der Waals surface area contributed by atoms with E-state index in [1.807, 2.05) is 81.4 Å². The van der Waals surface area contributed by atoms with Gasteiger partial charge in [0.25, 0.3) is 0 Å². The Morgan fingerprint density at radius 2 is 1.63 bits per heavy atom. The van der Waals surface area contributed by atoms with Crippen molar-refractivity contribution in [1.82, 2.24) is 15.5 Å². The average molecular weight is 896 g/mol. The minimum absolute atomic E-state index is 0.00297. The monoisotopic (exact) mass is 895 g/mol. The largest absolute Gasteiger partial charge is 0.445 e. The highest BCUT2D eigenvalue weighted by Crippen LogP contribution is 2.61. The van der Waals surface area contributed by atoms with Gasteiger partial charge < -0.3 is 38.6 Å². The van der Waals surface area contributed by atoms with Crippen LogP contribution >= 0.6 is 7.60 Å². The van der Waals surface area contributed by atoms with Gasteiger partial charge in [0.05, 0.1) is 31.9 Å². The van der Waals surface area contributed by atoms with Crippen molar-refractivity contribution in [2.24, 2.45) is 29.6 Å². The van der Waals surface area contributed by atoms with Crippen molar-refractivity contribution in [2.75, 3.05) is 19.8 Å². The second-order valence-corrected chi connectivity index (χ2v) is 20.2. The Kier molecular flexibility index (Phi) is 15.2. The van der Waals surface area contributed by atoms with Crippen LogP contribution in [0.1, 0.15) is 104 Å². The molecule has 2 aromatic rings. The van der Waals surface area contributed by atoms with Crippen LogP contribution in [0, 0.1) is 29.6 Å². The highest BCUT2D eigenvalue weighted by atomic mass is 31.2. The predicted molar refractivity (Wildman–Crippen MR) is 232 cm³/mol. The Balaban J connectivity index is 1.10. The number of carbonyl (C=O) groups excluding carboxylic acids is 3. The van der Waals surface area contributed by atoms with Gasteiger partial charge in [-0.15, -0.1) is 0 Å². The molecule has 2 aromatic carbocycles. The normalized spacial score (nSPS) is 32.5. The third-order valence-electron chi connectivity index (χ3n) is 13.3. The fraction of sp³-hybridized carbons (Fsp3) is 0.638. The molecule has 0 radical (unpaired) electrons. The highest BCUT2D eigenvalue weighted by molar-refractivity contribution is 7.57. The van der Waals surface area contributed by atoms with E-state index in [4.69, 9.17) is 37.8 Å². The quantitative estimate of drug-likeness (QED) is 0.116. The molecule has 8 rings (SSSR count). The number of nitrogens with zero attached hydrogens (tertiary/aromatic N) is 1. The summed E-state index contributed by atoms with van der Waals surface area (Å²) >= 11 is 0. The number of carbonyl (C=O) groups is 3. The second-order valence-electron chi connectivity index (χ2n) is 18.3. The van der Waals surface area contributed by atoms with Crippen LogP contribution in [0.3, 0.4) is 0 Å². The summed E-state index contributed by atoms with van der Waals surface area (Å²) in [5, 5.41) is 6.03. The average Bonchev–Trinajstić information content (AvgIpc) is 3.56.